The van der Waals surface area contributed by atoms with Gasteiger partial charge in [-0.1, -0.05) is 25.4 Å². The van der Waals surface area contributed by atoms with Crippen molar-refractivity contribution in [3.63, 3.8) is 0 Å². The molecule has 5 nitrogen and oxygen atoms in total. The molecule has 22 heavy (non-hydrogen) atoms. The molecule has 3 N–H and O–H groups in total. The molecule has 1 unspecified atom stereocenters. The topological polar surface area (TPSA) is 73.6 Å². The maximum absolute atomic E-state index is 12.4. The Morgan fingerprint density at radius 1 is 1.45 bits per heavy atom. The van der Waals surface area contributed by atoms with Gasteiger partial charge in [0.25, 0.3) is 5.91 Å². The molecule has 0 saturated carbocycles. The van der Waals surface area contributed by atoms with Crippen LogP contribution < -0.4 is 20.5 Å². The van der Waals surface area contributed by atoms with Crippen LogP contribution in [0.5, 0.6) is 11.5 Å². The number of ether oxygens (including phenoxy) is 2. The summed E-state index contributed by atoms with van der Waals surface area (Å²) in [6.07, 6.45) is 0.799. The van der Waals surface area contributed by atoms with Gasteiger partial charge in [0.15, 0.2) is 11.5 Å². The molecule has 0 saturated heterocycles. The van der Waals surface area contributed by atoms with Gasteiger partial charge in [0.2, 0.25) is 6.79 Å². The number of hydrogen-bond acceptors (Lipinski definition) is 4. The molecule has 7 heteroatoms. The summed E-state index contributed by atoms with van der Waals surface area (Å²) in [6.45, 7) is 6.62. The third kappa shape index (κ3) is 4.18. The van der Waals surface area contributed by atoms with Crippen molar-refractivity contribution in [1.29, 1.82) is 0 Å². The van der Waals surface area contributed by atoms with Gasteiger partial charge < -0.3 is 20.5 Å². The van der Waals surface area contributed by atoms with Crippen LogP contribution in [0.25, 0.3) is 0 Å². The molecule has 1 aliphatic rings. The molecule has 1 atom stereocenters. The summed E-state index contributed by atoms with van der Waals surface area (Å²) >= 11 is 6.10. The summed E-state index contributed by atoms with van der Waals surface area (Å²) in [6, 6.07) is 3.21. The highest BCUT2D eigenvalue weighted by atomic mass is 35.5. The van der Waals surface area contributed by atoms with Gasteiger partial charge in [0, 0.05) is 17.6 Å². The highest BCUT2D eigenvalue weighted by Gasteiger charge is 2.28. The van der Waals surface area contributed by atoms with E-state index >= 15 is 0 Å². The predicted octanol–water partition coefficient (Wildman–Crippen LogP) is 2.98. The van der Waals surface area contributed by atoms with Crippen molar-refractivity contribution in [3.05, 3.63) is 22.7 Å². The van der Waals surface area contributed by atoms with Crippen LogP contribution in [-0.4, -0.2) is 24.8 Å². The lowest BCUT2D eigenvalue weighted by Gasteiger charge is -2.31. The van der Waals surface area contributed by atoms with E-state index in [2.05, 4.69) is 19.2 Å². The first-order chi connectivity index (χ1) is 9.84. The van der Waals surface area contributed by atoms with Crippen LogP contribution in [0.15, 0.2) is 12.1 Å². The summed E-state index contributed by atoms with van der Waals surface area (Å²) in [7, 11) is 0. The van der Waals surface area contributed by atoms with E-state index < -0.39 is 5.54 Å². The van der Waals surface area contributed by atoms with Gasteiger partial charge >= 0.3 is 0 Å². The van der Waals surface area contributed by atoms with E-state index in [1.807, 2.05) is 6.92 Å². The van der Waals surface area contributed by atoms with E-state index in [0.717, 1.165) is 6.42 Å². The lowest BCUT2D eigenvalue weighted by atomic mass is 9.90. The molecule has 0 radical (unpaired) electrons. The van der Waals surface area contributed by atoms with Crippen LogP contribution in [0.3, 0.4) is 0 Å². The zero-order valence-corrected chi connectivity index (χ0v) is 14.5. The maximum Gasteiger partial charge on any atom is 0.251 e. The minimum atomic E-state index is -0.450. The normalized spacial score (nSPS) is 15.2. The SMILES string of the molecule is CC(C)CC(C)(CN)NC(=O)c1cc(Cl)c2c(c1)OCO2.Cl. The lowest BCUT2D eigenvalue weighted by molar-refractivity contribution is 0.0898. The first-order valence-electron chi connectivity index (χ1n) is 6.96. The Morgan fingerprint density at radius 3 is 2.73 bits per heavy atom. The van der Waals surface area contributed by atoms with E-state index in [0.29, 0.717) is 34.5 Å². The highest BCUT2D eigenvalue weighted by Crippen LogP contribution is 2.39. The van der Waals surface area contributed by atoms with Crippen LogP contribution in [0.2, 0.25) is 5.02 Å². The number of amides is 1. The summed E-state index contributed by atoms with van der Waals surface area (Å²) in [5.41, 5.74) is 5.80. The van der Waals surface area contributed by atoms with Gasteiger partial charge in [0.1, 0.15) is 0 Å². The molecule has 0 aromatic heterocycles. The van der Waals surface area contributed by atoms with Crippen LogP contribution in [0.4, 0.5) is 0 Å². The van der Waals surface area contributed by atoms with E-state index in [9.17, 15) is 4.79 Å². The fourth-order valence-electron chi connectivity index (χ4n) is 2.53. The minimum absolute atomic E-state index is 0. The van der Waals surface area contributed by atoms with Gasteiger partial charge in [-0.05, 0) is 31.4 Å². The number of hydrogen-bond donors (Lipinski definition) is 2. The zero-order valence-electron chi connectivity index (χ0n) is 12.9. The summed E-state index contributed by atoms with van der Waals surface area (Å²) in [5.74, 6) is 1.19. The second-order valence-corrected chi connectivity index (χ2v) is 6.42. The summed E-state index contributed by atoms with van der Waals surface area (Å²) in [4.78, 5) is 12.4. The molecule has 1 aromatic rings. The van der Waals surface area contributed by atoms with Crippen LogP contribution in [0.1, 0.15) is 37.6 Å². The van der Waals surface area contributed by atoms with Gasteiger partial charge in [-0.3, -0.25) is 4.79 Å². The number of fused-ring (bicyclic) bond motifs is 1. The Kier molecular flexibility index (Phi) is 6.35. The van der Waals surface area contributed by atoms with Crippen molar-refractivity contribution in [1.82, 2.24) is 5.32 Å². The molecule has 1 aliphatic heterocycles. The maximum atomic E-state index is 12.4. The largest absolute Gasteiger partial charge is 0.454 e. The van der Waals surface area contributed by atoms with Gasteiger partial charge in [-0.25, -0.2) is 0 Å². The second kappa shape index (κ2) is 7.40. The number of halogens is 2. The first-order valence-corrected chi connectivity index (χ1v) is 7.34. The fourth-order valence-corrected chi connectivity index (χ4v) is 2.80. The molecule has 1 heterocycles. The Morgan fingerprint density at radius 2 is 2.14 bits per heavy atom. The number of nitrogens with one attached hydrogen (secondary N) is 1. The van der Waals surface area contributed by atoms with Crippen molar-refractivity contribution in [3.8, 4) is 11.5 Å². The van der Waals surface area contributed by atoms with Crippen molar-refractivity contribution in [2.24, 2.45) is 11.7 Å². The second-order valence-electron chi connectivity index (χ2n) is 6.01. The van der Waals surface area contributed by atoms with Gasteiger partial charge in [-0.2, -0.15) is 0 Å². The van der Waals surface area contributed by atoms with Crippen molar-refractivity contribution in [2.75, 3.05) is 13.3 Å². The quantitative estimate of drug-likeness (QED) is 0.857. The fraction of sp³-hybridized carbons (Fsp3) is 0.533. The number of nitrogens with two attached hydrogens (primary N) is 1. The van der Waals surface area contributed by atoms with Crippen LogP contribution >= 0.6 is 24.0 Å². The van der Waals surface area contributed by atoms with E-state index in [1.165, 1.54) is 0 Å². The first kappa shape index (κ1) is 18.9. The van der Waals surface area contributed by atoms with Gasteiger partial charge in [0.05, 0.1) is 5.02 Å². The lowest BCUT2D eigenvalue weighted by Crippen LogP contribution is -2.52. The van der Waals surface area contributed by atoms with E-state index in [4.69, 9.17) is 26.8 Å². The van der Waals surface area contributed by atoms with Crippen molar-refractivity contribution >= 4 is 29.9 Å². The van der Waals surface area contributed by atoms with Crippen molar-refractivity contribution < 1.29 is 14.3 Å². The van der Waals surface area contributed by atoms with E-state index in [-0.39, 0.29) is 25.1 Å². The monoisotopic (exact) mass is 348 g/mol. The number of rotatable bonds is 5. The van der Waals surface area contributed by atoms with E-state index in [1.54, 1.807) is 12.1 Å². The minimum Gasteiger partial charge on any atom is -0.454 e. The Hall–Kier alpha value is -1.17. The number of carbonyl (C=O) groups excluding carboxylic acids is 1. The average molecular weight is 349 g/mol. The number of benzene rings is 1. The molecule has 0 bridgehead atoms. The molecular weight excluding hydrogens is 327 g/mol. The Labute approximate surface area is 141 Å². The zero-order chi connectivity index (χ0) is 15.6. The van der Waals surface area contributed by atoms with Crippen molar-refractivity contribution in [2.45, 2.75) is 32.7 Å². The third-order valence-electron chi connectivity index (χ3n) is 3.41. The molecule has 1 amide bonds. The standard InChI is InChI=1S/C15H21ClN2O3.ClH/c1-9(2)6-15(3,7-17)18-14(19)10-4-11(16)13-12(5-10)20-8-21-13;/h4-5,9H,6-8,17H2,1-3H3,(H,18,19);1H. The summed E-state index contributed by atoms with van der Waals surface area (Å²) < 4.78 is 10.5. The summed E-state index contributed by atoms with van der Waals surface area (Å²) in [5, 5.41) is 3.36. The Bertz CT molecular complexity index is 552. The average Bonchev–Trinajstić information content (AvgIpc) is 2.86. The third-order valence-corrected chi connectivity index (χ3v) is 3.69. The predicted molar refractivity (Wildman–Crippen MR) is 89.2 cm³/mol. The molecule has 0 fully saturated rings. The number of carbonyl (C=O) groups is 1. The van der Waals surface area contributed by atoms with Crippen LogP contribution in [0, 0.1) is 5.92 Å². The Balaban J connectivity index is 0.00000242. The molecule has 0 aliphatic carbocycles. The molecule has 1 aromatic carbocycles. The molecular formula is C15H22Cl2N2O3. The van der Waals surface area contributed by atoms with Crippen LogP contribution in [-0.2, 0) is 0 Å². The molecule has 2 rings (SSSR count). The van der Waals surface area contributed by atoms with Gasteiger partial charge in [-0.15, -0.1) is 12.4 Å². The smallest absolute Gasteiger partial charge is 0.251 e. The molecule has 0 spiro atoms. The molecule has 124 valence electrons. The highest BCUT2D eigenvalue weighted by molar-refractivity contribution is 6.32.